The predicted octanol–water partition coefficient (Wildman–Crippen LogP) is 3.60. The summed E-state index contributed by atoms with van der Waals surface area (Å²) in [7, 11) is 0. The van der Waals surface area contributed by atoms with Crippen LogP contribution >= 0.6 is 22.6 Å². The SMILES string of the molecule is CC(C)C[C@H]1C(=O)N[C@@H](C(C)C)[C@@H](CI)N1C(=O)OC(C)(C)C. The number of carbonyl (C=O) groups is 2. The van der Waals surface area contributed by atoms with Crippen LogP contribution in [0.4, 0.5) is 4.79 Å². The van der Waals surface area contributed by atoms with Gasteiger partial charge in [0.2, 0.25) is 5.91 Å². The van der Waals surface area contributed by atoms with Crippen LogP contribution in [-0.4, -0.2) is 45.1 Å². The van der Waals surface area contributed by atoms with E-state index in [1.807, 2.05) is 20.8 Å². The molecule has 0 radical (unpaired) electrons. The Morgan fingerprint density at radius 3 is 2.26 bits per heavy atom. The van der Waals surface area contributed by atoms with Gasteiger partial charge in [-0.05, 0) is 39.0 Å². The second kappa shape index (κ2) is 8.03. The fourth-order valence-electron chi connectivity index (χ4n) is 2.91. The minimum atomic E-state index is -0.573. The topological polar surface area (TPSA) is 58.6 Å². The zero-order valence-electron chi connectivity index (χ0n) is 15.4. The van der Waals surface area contributed by atoms with Gasteiger partial charge in [0.1, 0.15) is 11.6 Å². The lowest BCUT2D eigenvalue weighted by atomic mass is 9.89. The van der Waals surface area contributed by atoms with Gasteiger partial charge < -0.3 is 10.1 Å². The van der Waals surface area contributed by atoms with Crippen molar-refractivity contribution in [2.75, 3.05) is 4.43 Å². The van der Waals surface area contributed by atoms with E-state index < -0.39 is 11.6 Å². The molecule has 0 aliphatic carbocycles. The van der Waals surface area contributed by atoms with Gasteiger partial charge in [-0.2, -0.15) is 0 Å². The first-order valence-electron chi connectivity index (χ1n) is 8.35. The van der Waals surface area contributed by atoms with Gasteiger partial charge in [-0.15, -0.1) is 0 Å². The van der Waals surface area contributed by atoms with Crippen LogP contribution in [0.1, 0.15) is 54.9 Å². The normalized spacial score (nSPS) is 25.7. The Hall–Kier alpha value is -0.530. The fourth-order valence-corrected chi connectivity index (χ4v) is 3.89. The minimum Gasteiger partial charge on any atom is -0.444 e. The van der Waals surface area contributed by atoms with E-state index in [1.54, 1.807) is 4.90 Å². The molecule has 5 nitrogen and oxygen atoms in total. The highest BCUT2D eigenvalue weighted by Gasteiger charge is 2.46. The molecule has 1 aliphatic heterocycles. The number of carbonyl (C=O) groups excluding carboxylic acids is 2. The molecule has 0 aromatic rings. The summed E-state index contributed by atoms with van der Waals surface area (Å²) in [6.45, 7) is 13.8. The van der Waals surface area contributed by atoms with E-state index in [0.717, 1.165) is 4.43 Å². The van der Waals surface area contributed by atoms with Crippen LogP contribution in [0, 0.1) is 11.8 Å². The molecule has 1 aliphatic rings. The molecule has 0 aromatic heterocycles. The van der Waals surface area contributed by atoms with Gasteiger partial charge in [0.15, 0.2) is 0 Å². The average molecular weight is 438 g/mol. The van der Waals surface area contributed by atoms with Crippen molar-refractivity contribution in [1.29, 1.82) is 0 Å². The molecule has 0 saturated carbocycles. The molecule has 1 fully saturated rings. The number of rotatable bonds is 4. The summed E-state index contributed by atoms with van der Waals surface area (Å²) in [5.74, 6) is 0.508. The van der Waals surface area contributed by atoms with Gasteiger partial charge in [-0.3, -0.25) is 9.69 Å². The van der Waals surface area contributed by atoms with Crippen LogP contribution in [0.3, 0.4) is 0 Å². The number of hydrogen-bond acceptors (Lipinski definition) is 3. The third-order valence-electron chi connectivity index (χ3n) is 3.89. The number of amides is 2. The highest BCUT2D eigenvalue weighted by atomic mass is 127. The summed E-state index contributed by atoms with van der Waals surface area (Å²) in [6.07, 6.45) is 0.258. The van der Waals surface area contributed by atoms with Crippen LogP contribution in [0.2, 0.25) is 0 Å². The number of ether oxygens (including phenoxy) is 1. The standard InChI is InChI=1S/C17H31IN2O3/c1-10(2)8-12-15(21)19-14(11(3)4)13(9-18)20(12)16(22)23-17(5,6)7/h10-14H,8-9H2,1-7H3,(H,19,21)/t12-,13+,14-/m0/s1. The third-order valence-corrected chi connectivity index (χ3v) is 4.80. The minimum absolute atomic E-state index is 0.0460. The fraction of sp³-hybridized carbons (Fsp3) is 0.882. The van der Waals surface area contributed by atoms with E-state index in [-0.39, 0.29) is 30.0 Å². The Labute approximate surface area is 154 Å². The highest BCUT2D eigenvalue weighted by Crippen LogP contribution is 2.28. The van der Waals surface area contributed by atoms with Crippen LogP contribution in [-0.2, 0) is 9.53 Å². The first-order chi connectivity index (χ1) is 10.5. The summed E-state index contributed by atoms with van der Waals surface area (Å²) >= 11 is 2.29. The molecule has 23 heavy (non-hydrogen) atoms. The Kier molecular flexibility index (Phi) is 7.16. The summed E-state index contributed by atoms with van der Waals surface area (Å²) in [4.78, 5) is 27.1. The molecule has 1 N–H and O–H groups in total. The zero-order valence-corrected chi connectivity index (χ0v) is 17.5. The van der Waals surface area contributed by atoms with Crippen molar-refractivity contribution in [2.24, 2.45) is 11.8 Å². The molecule has 0 spiro atoms. The number of hydrogen-bond donors (Lipinski definition) is 1. The van der Waals surface area contributed by atoms with E-state index in [1.165, 1.54) is 0 Å². The van der Waals surface area contributed by atoms with Crippen molar-refractivity contribution in [3.63, 3.8) is 0 Å². The molecule has 1 rings (SSSR count). The molecule has 0 bridgehead atoms. The molecule has 3 atom stereocenters. The molecule has 2 amide bonds. The molecular weight excluding hydrogens is 407 g/mol. The molecule has 0 unspecified atom stereocenters. The van der Waals surface area contributed by atoms with Crippen molar-refractivity contribution in [3.8, 4) is 0 Å². The molecule has 1 heterocycles. The van der Waals surface area contributed by atoms with Crippen LogP contribution in [0.5, 0.6) is 0 Å². The first-order valence-corrected chi connectivity index (χ1v) is 9.88. The average Bonchev–Trinajstić information content (AvgIpc) is 2.37. The Morgan fingerprint density at radius 1 is 1.30 bits per heavy atom. The van der Waals surface area contributed by atoms with Crippen molar-refractivity contribution >= 4 is 34.6 Å². The molecule has 6 heteroatoms. The second-order valence-corrected chi connectivity index (χ2v) is 8.91. The maximum absolute atomic E-state index is 12.8. The number of nitrogens with one attached hydrogen (secondary N) is 1. The number of halogens is 1. The monoisotopic (exact) mass is 438 g/mol. The van der Waals surface area contributed by atoms with E-state index in [0.29, 0.717) is 12.3 Å². The van der Waals surface area contributed by atoms with Gasteiger partial charge in [-0.25, -0.2) is 4.79 Å². The quantitative estimate of drug-likeness (QED) is 0.539. The van der Waals surface area contributed by atoms with E-state index in [4.69, 9.17) is 4.74 Å². The van der Waals surface area contributed by atoms with Crippen molar-refractivity contribution < 1.29 is 14.3 Å². The summed E-state index contributed by atoms with van der Waals surface area (Å²) < 4.78 is 6.36. The Balaban J connectivity index is 3.18. The molecule has 1 saturated heterocycles. The zero-order chi connectivity index (χ0) is 17.9. The van der Waals surface area contributed by atoms with Crippen LogP contribution in [0.15, 0.2) is 0 Å². The van der Waals surface area contributed by atoms with Gasteiger partial charge >= 0.3 is 6.09 Å². The van der Waals surface area contributed by atoms with E-state index in [2.05, 4.69) is 55.6 Å². The lowest BCUT2D eigenvalue weighted by Crippen LogP contribution is -2.69. The first kappa shape index (κ1) is 20.5. The summed E-state index contributed by atoms with van der Waals surface area (Å²) in [5.41, 5.74) is -0.573. The lowest BCUT2D eigenvalue weighted by Gasteiger charge is -2.47. The van der Waals surface area contributed by atoms with Crippen molar-refractivity contribution in [3.05, 3.63) is 0 Å². The maximum atomic E-state index is 12.8. The second-order valence-electron chi connectivity index (χ2n) is 8.03. The molecular formula is C17H31IN2O3. The summed E-state index contributed by atoms with van der Waals surface area (Å²) in [5, 5.41) is 3.13. The lowest BCUT2D eigenvalue weighted by molar-refractivity contribution is -0.134. The smallest absolute Gasteiger partial charge is 0.411 e. The van der Waals surface area contributed by atoms with Gasteiger partial charge in [-0.1, -0.05) is 50.3 Å². The summed E-state index contributed by atoms with van der Waals surface area (Å²) in [6, 6.07) is -0.554. The maximum Gasteiger partial charge on any atom is 0.411 e. The number of piperazine rings is 1. The molecule has 134 valence electrons. The van der Waals surface area contributed by atoms with Gasteiger partial charge in [0, 0.05) is 4.43 Å². The number of alkyl halides is 1. The van der Waals surface area contributed by atoms with Gasteiger partial charge in [0.05, 0.1) is 12.1 Å². The highest BCUT2D eigenvalue weighted by molar-refractivity contribution is 14.1. The van der Waals surface area contributed by atoms with Crippen LogP contribution < -0.4 is 5.32 Å². The van der Waals surface area contributed by atoms with E-state index in [9.17, 15) is 9.59 Å². The molecule has 0 aromatic carbocycles. The van der Waals surface area contributed by atoms with E-state index >= 15 is 0 Å². The van der Waals surface area contributed by atoms with Gasteiger partial charge in [0.25, 0.3) is 0 Å². The largest absolute Gasteiger partial charge is 0.444 e. The Morgan fingerprint density at radius 2 is 1.87 bits per heavy atom. The van der Waals surface area contributed by atoms with Crippen molar-refractivity contribution in [1.82, 2.24) is 10.2 Å². The predicted molar refractivity (Wildman–Crippen MR) is 101 cm³/mol. The van der Waals surface area contributed by atoms with Crippen molar-refractivity contribution in [2.45, 2.75) is 78.6 Å². The number of nitrogens with zero attached hydrogens (tertiary/aromatic N) is 1. The Bertz CT molecular complexity index is 432. The van der Waals surface area contributed by atoms with Crippen LogP contribution in [0.25, 0.3) is 0 Å². The third kappa shape index (κ3) is 5.50.